The SMILES string of the molecule is O=C1CSc2ccc(C(=O)N3CCC(C(=O)NCCc4ccccn4)CC3)cc2N1. The molecule has 1 fully saturated rings. The molecule has 1 aromatic carbocycles. The van der Waals surface area contributed by atoms with Gasteiger partial charge in [-0.05, 0) is 43.2 Å². The van der Waals surface area contributed by atoms with E-state index in [4.69, 9.17) is 0 Å². The van der Waals surface area contributed by atoms with Gasteiger partial charge in [-0.3, -0.25) is 19.4 Å². The van der Waals surface area contributed by atoms with Crippen molar-refractivity contribution in [3.8, 4) is 0 Å². The molecule has 0 atom stereocenters. The van der Waals surface area contributed by atoms with Crippen molar-refractivity contribution >= 4 is 35.2 Å². The third-order valence-electron chi connectivity index (χ3n) is 5.42. The van der Waals surface area contributed by atoms with Crippen LogP contribution in [0.3, 0.4) is 0 Å². The van der Waals surface area contributed by atoms with Crippen molar-refractivity contribution in [1.29, 1.82) is 0 Å². The van der Waals surface area contributed by atoms with Crippen LogP contribution in [0.25, 0.3) is 0 Å². The summed E-state index contributed by atoms with van der Waals surface area (Å²) >= 11 is 1.48. The third-order valence-corrected chi connectivity index (χ3v) is 6.49. The van der Waals surface area contributed by atoms with Gasteiger partial charge in [-0.1, -0.05) is 6.07 Å². The molecule has 0 unspecified atom stereocenters. The highest BCUT2D eigenvalue weighted by Gasteiger charge is 2.28. The van der Waals surface area contributed by atoms with Gasteiger partial charge in [0, 0.05) is 54.3 Å². The lowest BCUT2D eigenvalue weighted by Crippen LogP contribution is -2.43. The average molecular weight is 425 g/mol. The first-order chi connectivity index (χ1) is 14.6. The van der Waals surface area contributed by atoms with Crippen LogP contribution in [0.5, 0.6) is 0 Å². The van der Waals surface area contributed by atoms with Crippen molar-refractivity contribution in [1.82, 2.24) is 15.2 Å². The number of rotatable bonds is 5. The predicted octanol–water partition coefficient (Wildman–Crippen LogP) is 2.34. The number of amides is 3. The molecule has 2 aromatic rings. The minimum atomic E-state index is -0.0722. The lowest BCUT2D eigenvalue weighted by molar-refractivity contribution is -0.126. The highest BCUT2D eigenvalue weighted by Crippen LogP contribution is 2.32. The topological polar surface area (TPSA) is 91.4 Å². The molecule has 3 amide bonds. The average Bonchev–Trinajstić information content (AvgIpc) is 2.79. The Kier molecular flexibility index (Phi) is 6.32. The quantitative estimate of drug-likeness (QED) is 0.769. The molecule has 0 radical (unpaired) electrons. The van der Waals surface area contributed by atoms with Crippen molar-refractivity contribution < 1.29 is 14.4 Å². The zero-order chi connectivity index (χ0) is 20.9. The van der Waals surface area contributed by atoms with E-state index in [9.17, 15) is 14.4 Å². The van der Waals surface area contributed by atoms with E-state index in [0.717, 1.165) is 10.6 Å². The number of likely N-dealkylation sites (tertiary alicyclic amines) is 1. The van der Waals surface area contributed by atoms with Gasteiger partial charge in [-0.15, -0.1) is 11.8 Å². The Bertz CT molecular complexity index is 943. The normalized spacial score (nSPS) is 16.5. The number of hydrogen-bond donors (Lipinski definition) is 2. The van der Waals surface area contributed by atoms with Gasteiger partial charge >= 0.3 is 0 Å². The third kappa shape index (κ3) is 4.81. The fourth-order valence-corrected chi connectivity index (χ4v) is 4.54. The van der Waals surface area contributed by atoms with E-state index in [1.807, 2.05) is 30.3 Å². The molecule has 0 saturated carbocycles. The summed E-state index contributed by atoms with van der Waals surface area (Å²) in [6.45, 7) is 1.67. The number of nitrogens with one attached hydrogen (secondary N) is 2. The van der Waals surface area contributed by atoms with Gasteiger partial charge in [0.1, 0.15) is 0 Å². The molecule has 8 heteroatoms. The second-order valence-corrected chi connectivity index (χ2v) is 8.49. The van der Waals surface area contributed by atoms with Gasteiger partial charge in [0.15, 0.2) is 0 Å². The van der Waals surface area contributed by atoms with Crippen LogP contribution in [0.1, 0.15) is 28.9 Å². The Morgan fingerprint density at radius 2 is 2.03 bits per heavy atom. The van der Waals surface area contributed by atoms with Crippen molar-refractivity contribution in [3.05, 3.63) is 53.9 Å². The van der Waals surface area contributed by atoms with Gasteiger partial charge in [0.25, 0.3) is 5.91 Å². The van der Waals surface area contributed by atoms with Crippen LogP contribution in [0.2, 0.25) is 0 Å². The first kappa shape index (κ1) is 20.4. The van der Waals surface area contributed by atoms with Gasteiger partial charge in [0.05, 0.1) is 11.4 Å². The summed E-state index contributed by atoms with van der Waals surface area (Å²) in [5, 5.41) is 5.81. The number of thioether (sulfide) groups is 1. The zero-order valence-electron chi connectivity index (χ0n) is 16.6. The maximum absolute atomic E-state index is 12.9. The summed E-state index contributed by atoms with van der Waals surface area (Å²) in [5.74, 6) is 0.268. The summed E-state index contributed by atoms with van der Waals surface area (Å²) in [4.78, 5) is 43.9. The number of fused-ring (bicyclic) bond motifs is 1. The highest BCUT2D eigenvalue weighted by atomic mass is 32.2. The molecule has 2 aliphatic heterocycles. The van der Waals surface area contributed by atoms with Gasteiger partial charge in [0.2, 0.25) is 11.8 Å². The minimum Gasteiger partial charge on any atom is -0.355 e. The summed E-state index contributed by atoms with van der Waals surface area (Å²) in [6, 6.07) is 11.2. The smallest absolute Gasteiger partial charge is 0.253 e. The second kappa shape index (κ2) is 9.30. The van der Waals surface area contributed by atoms with E-state index < -0.39 is 0 Å². The van der Waals surface area contributed by atoms with E-state index in [0.29, 0.717) is 55.9 Å². The molecule has 30 heavy (non-hydrogen) atoms. The van der Waals surface area contributed by atoms with Crippen molar-refractivity contribution in [3.63, 3.8) is 0 Å². The highest BCUT2D eigenvalue weighted by molar-refractivity contribution is 8.00. The maximum Gasteiger partial charge on any atom is 0.253 e. The van der Waals surface area contributed by atoms with Crippen molar-refractivity contribution in [2.75, 3.05) is 30.7 Å². The first-order valence-electron chi connectivity index (χ1n) is 10.1. The van der Waals surface area contributed by atoms with Gasteiger partial charge in [-0.25, -0.2) is 0 Å². The molecule has 0 aliphatic carbocycles. The Balaban J connectivity index is 1.27. The fourth-order valence-electron chi connectivity index (χ4n) is 3.75. The Morgan fingerprint density at radius 1 is 1.20 bits per heavy atom. The molecule has 2 N–H and O–H groups in total. The molecular formula is C22H24N4O3S. The van der Waals surface area contributed by atoms with Crippen LogP contribution in [-0.4, -0.2) is 53.0 Å². The number of benzene rings is 1. The van der Waals surface area contributed by atoms with Crippen LogP contribution in [0.4, 0.5) is 5.69 Å². The molecule has 0 spiro atoms. The minimum absolute atomic E-state index is 0.0477. The number of carbonyl (C=O) groups excluding carboxylic acids is 3. The molecule has 156 valence electrons. The number of pyridine rings is 1. The standard InChI is InChI=1S/C22H24N4O3S/c27-20-14-30-19-5-4-16(13-18(19)25-20)22(29)26-11-7-15(8-12-26)21(28)24-10-6-17-3-1-2-9-23-17/h1-5,9,13,15H,6-8,10-12,14H2,(H,24,28)(H,25,27). The molecular weight excluding hydrogens is 400 g/mol. The van der Waals surface area contributed by atoms with Crippen LogP contribution in [0.15, 0.2) is 47.5 Å². The van der Waals surface area contributed by atoms with Crippen LogP contribution < -0.4 is 10.6 Å². The Labute approximate surface area is 179 Å². The molecule has 1 aromatic heterocycles. The Morgan fingerprint density at radius 3 is 2.80 bits per heavy atom. The molecule has 4 rings (SSSR count). The summed E-state index contributed by atoms with van der Waals surface area (Å²) < 4.78 is 0. The molecule has 1 saturated heterocycles. The van der Waals surface area contributed by atoms with Crippen molar-refractivity contribution in [2.24, 2.45) is 5.92 Å². The van der Waals surface area contributed by atoms with Gasteiger partial charge < -0.3 is 15.5 Å². The van der Waals surface area contributed by atoms with E-state index in [-0.39, 0.29) is 23.6 Å². The maximum atomic E-state index is 12.9. The number of carbonyl (C=O) groups is 3. The van der Waals surface area contributed by atoms with Crippen LogP contribution >= 0.6 is 11.8 Å². The van der Waals surface area contributed by atoms with Gasteiger partial charge in [-0.2, -0.15) is 0 Å². The zero-order valence-corrected chi connectivity index (χ0v) is 17.4. The predicted molar refractivity (Wildman–Crippen MR) is 115 cm³/mol. The fraction of sp³-hybridized carbons (Fsp3) is 0.364. The lowest BCUT2D eigenvalue weighted by Gasteiger charge is -2.31. The molecule has 3 heterocycles. The second-order valence-electron chi connectivity index (χ2n) is 7.48. The number of hydrogen-bond acceptors (Lipinski definition) is 5. The van der Waals surface area contributed by atoms with E-state index in [1.165, 1.54) is 11.8 Å². The molecule has 2 aliphatic rings. The van der Waals surface area contributed by atoms with Crippen molar-refractivity contribution in [2.45, 2.75) is 24.2 Å². The lowest BCUT2D eigenvalue weighted by atomic mass is 9.95. The van der Waals surface area contributed by atoms with Crippen LogP contribution in [-0.2, 0) is 16.0 Å². The molecule has 0 bridgehead atoms. The largest absolute Gasteiger partial charge is 0.355 e. The monoisotopic (exact) mass is 424 g/mol. The van der Waals surface area contributed by atoms with E-state index in [1.54, 1.807) is 17.2 Å². The molecule has 7 nitrogen and oxygen atoms in total. The number of piperidine rings is 1. The number of aromatic nitrogens is 1. The Hall–Kier alpha value is -2.87. The summed E-state index contributed by atoms with van der Waals surface area (Å²) in [7, 11) is 0. The summed E-state index contributed by atoms with van der Waals surface area (Å²) in [5.41, 5.74) is 2.22. The number of anilines is 1. The van der Waals surface area contributed by atoms with E-state index >= 15 is 0 Å². The first-order valence-corrected chi connectivity index (χ1v) is 11.1. The summed E-state index contributed by atoms with van der Waals surface area (Å²) in [6.07, 6.45) is 3.76. The van der Waals surface area contributed by atoms with Crippen LogP contribution in [0, 0.1) is 5.92 Å². The number of nitrogens with zero attached hydrogens (tertiary/aromatic N) is 2. The van der Waals surface area contributed by atoms with E-state index in [2.05, 4.69) is 15.6 Å².